The molecule has 3 aromatic rings. The predicted octanol–water partition coefficient (Wildman–Crippen LogP) is 3.23. The van der Waals surface area contributed by atoms with Crippen molar-refractivity contribution >= 4 is 23.2 Å². The summed E-state index contributed by atoms with van der Waals surface area (Å²) in [4.78, 5) is 27.6. The maximum Gasteiger partial charge on any atom is 0.268 e. The van der Waals surface area contributed by atoms with Gasteiger partial charge in [-0.05, 0) is 30.7 Å². The van der Waals surface area contributed by atoms with E-state index in [2.05, 4.69) is 5.32 Å². The SMILES string of the molecule is COc1ccc(NC(=O)CN2C(=O)[C@](O)(c3cccc(C)c3)c3ccccc32)c(OC)c1. The van der Waals surface area contributed by atoms with Gasteiger partial charge >= 0.3 is 0 Å². The van der Waals surface area contributed by atoms with Crippen LogP contribution in [0.5, 0.6) is 11.5 Å². The van der Waals surface area contributed by atoms with Gasteiger partial charge in [-0.15, -0.1) is 0 Å². The standard InChI is InChI=1S/C25H24N2O5/c1-16-7-6-8-17(13-16)25(30)19-9-4-5-10-21(19)27(24(25)29)15-23(28)26-20-12-11-18(31-2)14-22(20)32-3/h4-14,30H,15H2,1-3H3,(H,26,28)/t25-/m0/s1. The van der Waals surface area contributed by atoms with Gasteiger partial charge in [0.15, 0.2) is 5.60 Å². The van der Waals surface area contributed by atoms with Crippen LogP contribution in [-0.4, -0.2) is 37.7 Å². The Hall–Kier alpha value is -3.84. The van der Waals surface area contributed by atoms with E-state index in [-0.39, 0.29) is 6.54 Å². The molecule has 2 amide bonds. The van der Waals surface area contributed by atoms with Crippen molar-refractivity contribution < 1.29 is 24.2 Å². The second kappa shape index (κ2) is 8.36. The second-order valence-corrected chi connectivity index (χ2v) is 7.60. The van der Waals surface area contributed by atoms with Crippen LogP contribution in [0.15, 0.2) is 66.7 Å². The van der Waals surface area contributed by atoms with Gasteiger partial charge in [0.2, 0.25) is 5.91 Å². The number of nitrogens with zero attached hydrogens (tertiary/aromatic N) is 1. The maximum atomic E-state index is 13.4. The normalized spacial score (nSPS) is 17.1. The summed E-state index contributed by atoms with van der Waals surface area (Å²) < 4.78 is 10.5. The first kappa shape index (κ1) is 21.4. The molecular formula is C25H24N2O5. The van der Waals surface area contributed by atoms with E-state index >= 15 is 0 Å². The molecule has 0 radical (unpaired) electrons. The number of benzene rings is 3. The van der Waals surface area contributed by atoms with E-state index in [1.165, 1.54) is 12.0 Å². The minimum Gasteiger partial charge on any atom is -0.497 e. The molecule has 0 unspecified atom stereocenters. The van der Waals surface area contributed by atoms with E-state index < -0.39 is 17.4 Å². The second-order valence-electron chi connectivity index (χ2n) is 7.60. The molecule has 4 rings (SSSR count). The van der Waals surface area contributed by atoms with Gasteiger partial charge < -0.3 is 19.9 Å². The maximum absolute atomic E-state index is 13.4. The molecule has 7 nitrogen and oxygen atoms in total. The zero-order valence-corrected chi connectivity index (χ0v) is 18.1. The molecule has 0 aliphatic carbocycles. The summed E-state index contributed by atoms with van der Waals surface area (Å²) in [6.45, 7) is 1.63. The Labute approximate surface area is 186 Å². The summed E-state index contributed by atoms with van der Waals surface area (Å²) in [5, 5.41) is 14.3. The molecule has 7 heteroatoms. The van der Waals surface area contributed by atoms with Crippen molar-refractivity contribution in [1.29, 1.82) is 0 Å². The summed E-state index contributed by atoms with van der Waals surface area (Å²) >= 11 is 0. The van der Waals surface area contributed by atoms with E-state index in [4.69, 9.17) is 9.47 Å². The van der Waals surface area contributed by atoms with Gasteiger partial charge in [0.05, 0.1) is 25.6 Å². The Bertz CT molecular complexity index is 1190. The third-order valence-corrected chi connectivity index (χ3v) is 5.56. The average molecular weight is 432 g/mol. The first-order valence-corrected chi connectivity index (χ1v) is 10.1. The number of amides is 2. The molecule has 3 aromatic carbocycles. The van der Waals surface area contributed by atoms with E-state index in [1.54, 1.807) is 67.8 Å². The Morgan fingerprint density at radius 3 is 2.53 bits per heavy atom. The van der Waals surface area contributed by atoms with Crippen LogP contribution >= 0.6 is 0 Å². The van der Waals surface area contributed by atoms with Crippen molar-refractivity contribution in [2.75, 3.05) is 31.0 Å². The number of methoxy groups -OCH3 is 2. The molecular weight excluding hydrogens is 408 g/mol. The van der Waals surface area contributed by atoms with E-state index in [9.17, 15) is 14.7 Å². The van der Waals surface area contributed by atoms with E-state index in [0.29, 0.717) is 34.0 Å². The van der Waals surface area contributed by atoms with Crippen LogP contribution in [0.2, 0.25) is 0 Å². The highest BCUT2D eigenvalue weighted by Crippen LogP contribution is 2.44. The lowest BCUT2D eigenvalue weighted by molar-refractivity contribution is -0.133. The first-order valence-electron chi connectivity index (χ1n) is 10.1. The molecule has 0 spiro atoms. The van der Waals surface area contributed by atoms with Crippen molar-refractivity contribution in [3.05, 3.63) is 83.4 Å². The molecule has 164 valence electrons. The van der Waals surface area contributed by atoms with Crippen molar-refractivity contribution in [2.24, 2.45) is 0 Å². The quantitative estimate of drug-likeness (QED) is 0.624. The topological polar surface area (TPSA) is 88.1 Å². The van der Waals surface area contributed by atoms with Crippen LogP contribution in [0.25, 0.3) is 0 Å². The predicted molar refractivity (Wildman–Crippen MR) is 121 cm³/mol. The minimum atomic E-state index is -1.86. The van der Waals surface area contributed by atoms with Crippen LogP contribution in [0.3, 0.4) is 0 Å². The molecule has 2 N–H and O–H groups in total. The van der Waals surface area contributed by atoms with Gasteiger partial charge in [-0.1, -0.05) is 48.0 Å². The molecule has 0 fully saturated rings. The third kappa shape index (κ3) is 3.56. The lowest BCUT2D eigenvalue weighted by Crippen LogP contribution is -2.44. The number of ether oxygens (including phenoxy) is 2. The molecule has 0 aromatic heterocycles. The number of fused-ring (bicyclic) bond motifs is 1. The number of para-hydroxylation sites is 1. The molecule has 1 aliphatic rings. The average Bonchev–Trinajstić information content (AvgIpc) is 3.02. The first-order chi connectivity index (χ1) is 15.4. The third-order valence-electron chi connectivity index (χ3n) is 5.56. The Morgan fingerprint density at radius 1 is 1.03 bits per heavy atom. The number of hydrogen-bond donors (Lipinski definition) is 2. The fraction of sp³-hybridized carbons (Fsp3) is 0.200. The molecule has 1 atom stereocenters. The van der Waals surface area contributed by atoms with Gasteiger partial charge in [0.1, 0.15) is 18.0 Å². The zero-order valence-electron chi connectivity index (χ0n) is 18.1. The number of carbonyl (C=O) groups excluding carboxylic acids is 2. The summed E-state index contributed by atoms with van der Waals surface area (Å²) in [7, 11) is 3.03. The summed E-state index contributed by atoms with van der Waals surface area (Å²) in [5.74, 6) is 0.0279. The molecule has 1 aliphatic heterocycles. The lowest BCUT2D eigenvalue weighted by atomic mass is 9.87. The number of anilines is 2. The van der Waals surface area contributed by atoms with Crippen LogP contribution in [-0.2, 0) is 15.2 Å². The Kier molecular flexibility index (Phi) is 5.59. The fourth-order valence-corrected chi connectivity index (χ4v) is 3.98. The molecule has 32 heavy (non-hydrogen) atoms. The smallest absolute Gasteiger partial charge is 0.268 e. The van der Waals surface area contributed by atoms with Crippen LogP contribution in [0, 0.1) is 6.92 Å². The van der Waals surface area contributed by atoms with Gasteiger partial charge in [-0.2, -0.15) is 0 Å². The highest BCUT2D eigenvalue weighted by Gasteiger charge is 2.51. The highest BCUT2D eigenvalue weighted by atomic mass is 16.5. The van der Waals surface area contributed by atoms with Crippen LogP contribution in [0.4, 0.5) is 11.4 Å². The molecule has 0 saturated carbocycles. The van der Waals surface area contributed by atoms with E-state index in [0.717, 1.165) is 5.56 Å². The monoisotopic (exact) mass is 432 g/mol. The minimum absolute atomic E-state index is 0.265. The molecule has 1 heterocycles. The number of hydrogen-bond acceptors (Lipinski definition) is 5. The fourth-order valence-electron chi connectivity index (χ4n) is 3.98. The van der Waals surface area contributed by atoms with Crippen LogP contribution < -0.4 is 19.7 Å². The van der Waals surface area contributed by atoms with Crippen LogP contribution in [0.1, 0.15) is 16.7 Å². The van der Waals surface area contributed by atoms with Gasteiger partial charge in [0, 0.05) is 11.6 Å². The summed E-state index contributed by atoms with van der Waals surface area (Å²) in [5.41, 5.74) is 0.926. The highest BCUT2D eigenvalue weighted by molar-refractivity contribution is 6.12. The van der Waals surface area contributed by atoms with Crippen molar-refractivity contribution in [1.82, 2.24) is 0 Å². The van der Waals surface area contributed by atoms with Crippen molar-refractivity contribution in [3.8, 4) is 11.5 Å². The number of aryl methyl sites for hydroxylation is 1. The van der Waals surface area contributed by atoms with Crippen molar-refractivity contribution in [2.45, 2.75) is 12.5 Å². The summed E-state index contributed by atoms with van der Waals surface area (Å²) in [6.07, 6.45) is 0. The van der Waals surface area contributed by atoms with Gasteiger partial charge in [-0.3, -0.25) is 14.5 Å². The van der Waals surface area contributed by atoms with Gasteiger partial charge in [0.25, 0.3) is 5.91 Å². The number of rotatable bonds is 6. The number of nitrogens with one attached hydrogen (secondary N) is 1. The Balaban J connectivity index is 1.64. The molecule has 0 saturated heterocycles. The number of carbonyl (C=O) groups is 2. The molecule has 0 bridgehead atoms. The Morgan fingerprint density at radius 2 is 1.81 bits per heavy atom. The van der Waals surface area contributed by atoms with Gasteiger partial charge in [-0.25, -0.2) is 0 Å². The summed E-state index contributed by atoms with van der Waals surface area (Å²) in [6, 6.07) is 19.2. The zero-order chi connectivity index (χ0) is 22.9. The van der Waals surface area contributed by atoms with Crippen molar-refractivity contribution in [3.63, 3.8) is 0 Å². The largest absolute Gasteiger partial charge is 0.497 e. The lowest BCUT2D eigenvalue weighted by Gasteiger charge is -2.24. The van der Waals surface area contributed by atoms with E-state index in [1.807, 2.05) is 13.0 Å². The number of aliphatic hydroxyl groups is 1.